The van der Waals surface area contributed by atoms with Crippen LogP contribution in [0.3, 0.4) is 0 Å². The molecule has 4 aliphatic rings. The second kappa shape index (κ2) is 7.25. The monoisotopic (exact) mass is 433 g/mol. The van der Waals surface area contributed by atoms with E-state index >= 15 is 0 Å². The number of aryl methyl sites for hydroxylation is 1. The fourth-order valence-electron chi connectivity index (χ4n) is 6.41. The Morgan fingerprint density at radius 2 is 1.81 bits per heavy atom. The Hall–Kier alpha value is -3.03. The van der Waals surface area contributed by atoms with Crippen molar-refractivity contribution in [2.75, 3.05) is 0 Å². The second-order valence-corrected chi connectivity index (χ2v) is 9.74. The molecule has 8 heteroatoms. The van der Waals surface area contributed by atoms with E-state index in [-0.39, 0.29) is 24.1 Å². The van der Waals surface area contributed by atoms with Crippen molar-refractivity contribution in [3.63, 3.8) is 0 Å². The lowest BCUT2D eigenvalue weighted by molar-refractivity contribution is -0.136. The summed E-state index contributed by atoms with van der Waals surface area (Å²) in [5.41, 5.74) is 2.38. The lowest BCUT2D eigenvalue weighted by Crippen LogP contribution is -2.52. The maximum atomic E-state index is 12.9. The molecule has 2 aliphatic heterocycles. The van der Waals surface area contributed by atoms with Crippen LogP contribution in [0.4, 0.5) is 0 Å². The zero-order valence-corrected chi connectivity index (χ0v) is 18.2. The average molecular weight is 434 g/mol. The number of amides is 3. The first kappa shape index (κ1) is 19.6. The molecule has 1 aromatic heterocycles. The van der Waals surface area contributed by atoms with Crippen molar-refractivity contribution >= 4 is 17.7 Å². The highest BCUT2D eigenvalue weighted by atomic mass is 16.2. The molecule has 2 aliphatic carbocycles. The van der Waals surface area contributed by atoms with Crippen molar-refractivity contribution in [1.29, 1.82) is 0 Å². The molecule has 2 aromatic rings. The smallest absolute Gasteiger partial charge is 0.255 e. The van der Waals surface area contributed by atoms with Crippen LogP contribution in [0.25, 0.3) is 11.4 Å². The van der Waals surface area contributed by atoms with Crippen molar-refractivity contribution < 1.29 is 14.4 Å². The molecule has 32 heavy (non-hydrogen) atoms. The second-order valence-electron chi connectivity index (χ2n) is 9.74. The minimum absolute atomic E-state index is 0.158. The molecule has 0 spiro atoms. The zero-order valence-electron chi connectivity index (χ0n) is 18.2. The fourth-order valence-corrected chi connectivity index (χ4v) is 6.41. The predicted molar refractivity (Wildman–Crippen MR) is 115 cm³/mol. The molecule has 3 heterocycles. The van der Waals surface area contributed by atoms with Crippen LogP contribution < -0.4 is 5.32 Å². The van der Waals surface area contributed by atoms with Gasteiger partial charge >= 0.3 is 0 Å². The molecule has 1 aromatic carbocycles. The highest BCUT2D eigenvalue weighted by Gasteiger charge is 2.42. The van der Waals surface area contributed by atoms with E-state index < -0.39 is 6.04 Å². The Balaban J connectivity index is 1.27. The van der Waals surface area contributed by atoms with Gasteiger partial charge < -0.3 is 4.90 Å². The minimum atomic E-state index is -0.600. The van der Waals surface area contributed by atoms with Gasteiger partial charge in [-0.25, -0.2) is 4.98 Å². The van der Waals surface area contributed by atoms with Crippen molar-refractivity contribution in [2.45, 2.75) is 63.5 Å². The molecule has 6 rings (SSSR count). The van der Waals surface area contributed by atoms with E-state index in [9.17, 15) is 14.4 Å². The van der Waals surface area contributed by atoms with Crippen LogP contribution >= 0.6 is 0 Å². The SMILES string of the molecule is Cn1nc(-c2ccc3c(c2)CN(C2CCC(=O)NC2=O)C3=O)nc1C1[C@@H]2CCC[C@H]1CC2. The molecule has 1 N–H and O–H groups in total. The van der Waals surface area contributed by atoms with Crippen molar-refractivity contribution in [2.24, 2.45) is 18.9 Å². The van der Waals surface area contributed by atoms with Gasteiger partial charge in [-0.1, -0.05) is 12.5 Å². The van der Waals surface area contributed by atoms with Crippen LogP contribution in [0.5, 0.6) is 0 Å². The molecule has 2 unspecified atom stereocenters. The molecule has 3 amide bonds. The maximum absolute atomic E-state index is 12.9. The third kappa shape index (κ3) is 2.99. The number of nitrogens with one attached hydrogen (secondary N) is 1. The lowest BCUT2D eigenvalue weighted by atomic mass is 9.78. The zero-order chi connectivity index (χ0) is 22.0. The Morgan fingerprint density at radius 1 is 1.03 bits per heavy atom. The molecule has 8 nitrogen and oxygen atoms in total. The number of nitrogens with zero attached hydrogens (tertiary/aromatic N) is 4. The van der Waals surface area contributed by atoms with E-state index in [2.05, 4.69) is 5.32 Å². The highest BCUT2D eigenvalue weighted by molar-refractivity contribution is 6.05. The van der Waals surface area contributed by atoms with Gasteiger partial charge in [0.1, 0.15) is 11.9 Å². The Kier molecular flexibility index (Phi) is 4.45. The van der Waals surface area contributed by atoms with Gasteiger partial charge in [-0.05, 0) is 61.6 Å². The summed E-state index contributed by atoms with van der Waals surface area (Å²) in [5.74, 6) is 2.93. The topological polar surface area (TPSA) is 97.2 Å². The first-order valence-electron chi connectivity index (χ1n) is 11.7. The van der Waals surface area contributed by atoms with Crippen LogP contribution in [0.1, 0.15) is 72.6 Å². The van der Waals surface area contributed by atoms with Crippen molar-refractivity contribution in [1.82, 2.24) is 25.0 Å². The number of carbonyl (C=O) groups is 3. The number of aromatic nitrogens is 3. The normalized spacial score (nSPS) is 29.4. The van der Waals surface area contributed by atoms with Crippen molar-refractivity contribution in [3.8, 4) is 11.4 Å². The largest absolute Gasteiger partial charge is 0.322 e. The summed E-state index contributed by atoms with van der Waals surface area (Å²) < 4.78 is 1.95. The van der Waals surface area contributed by atoms with Gasteiger partial charge in [0.05, 0.1) is 0 Å². The highest BCUT2D eigenvalue weighted by Crippen LogP contribution is 2.51. The van der Waals surface area contributed by atoms with Crippen LogP contribution in [0.2, 0.25) is 0 Å². The summed E-state index contributed by atoms with van der Waals surface area (Å²) in [6.07, 6.45) is 7.14. The molecular formula is C24H27N5O3. The molecule has 4 atom stereocenters. The average Bonchev–Trinajstić information content (AvgIpc) is 3.38. The summed E-state index contributed by atoms with van der Waals surface area (Å²) in [7, 11) is 1.99. The summed E-state index contributed by atoms with van der Waals surface area (Å²) in [6, 6.07) is 5.10. The van der Waals surface area contributed by atoms with Gasteiger partial charge in [-0.3, -0.25) is 24.4 Å². The number of hydrogen-bond acceptors (Lipinski definition) is 5. The molecular weight excluding hydrogens is 406 g/mol. The summed E-state index contributed by atoms with van der Waals surface area (Å²) >= 11 is 0. The summed E-state index contributed by atoms with van der Waals surface area (Å²) in [6.45, 7) is 0.362. The molecule has 3 fully saturated rings. The van der Waals surface area contributed by atoms with Crippen LogP contribution in [0, 0.1) is 11.8 Å². The standard InChI is InChI=1S/C24H27N5O3/c1-28-22(20-13-3-2-4-14(20)6-5-13)26-21(27-28)15-7-8-17-16(11-15)12-29(24(17)32)18-9-10-19(30)25-23(18)31/h7-8,11,13-14,18,20H,2-6,9-10,12H2,1H3,(H,25,30,31)/t13-,14+,18?,20?. The number of fused-ring (bicyclic) bond motifs is 3. The number of carbonyl (C=O) groups excluding carboxylic acids is 3. The third-order valence-corrected chi connectivity index (χ3v) is 7.95. The summed E-state index contributed by atoms with van der Waals surface area (Å²) in [4.78, 5) is 43.2. The van der Waals surface area contributed by atoms with Gasteiger partial charge in [0.2, 0.25) is 11.8 Å². The Morgan fingerprint density at radius 3 is 2.56 bits per heavy atom. The van der Waals surface area contributed by atoms with Gasteiger partial charge in [0.25, 0.3) is 5.91 Å². The van der Waals surface area contributed by atoms with E-state index in [0.29, 0.717) is 30.3 Å². The number of piperidine rings is 1. The maximum Gasteiger partial charge on any atom is 0.255 e. The molecule has 2 saturated carbocycles. The summed E-state index contributed by atoms with van der Waals surface area (Å²) in [5, 5.41) is 7.08. The van der Waals surface area contributed by atoms with Gasteiger partial charge in [0.15, 0.2) is 5.82 Å². The first-order valence-corrected chi connectivity index (χ1v) is 11.7. The molecule has 0 radical (unpaired) electrons. The lowest BCUT2D eigenvalue weighted by Gasteiger charge is -2.29. The molecule has 2 bridgehead atoms. The van der Waals surface area contributed by atoms with E-state index in [0.717, 1.165) is 28.8 Å². The number of rotatable bonds is 3. The molecule has 1 saturated heterocycles. The first-order chi connectivity index (χ1) is 15.5. The van der Waals surface area contributed by atoms with E-state index in [1.54, 1.807) is 4.90 Å². The number of benzene rings is 1. The molecule has 166 valence electrons. The fraction of sp³-hybridized carbons (Fsp3) is 0.542. The van der Waals surface area contributed by atoms with Crippen LogP contribution in [-0.4, -0.2) is 43.4 Å². The van der Waals surface area contributed by atoms with Crippen LogP contribution in [-0.2, 0) is 23.2 Å². The minimum Gasteiger partial charge on any atom is -0.322 e. The Labute approximate surface area is 186 Å². The van der Waals surface area contributed by atoms with E-state index in [1.807, 2.05) is 29.9 Å². The number of imide groups is 1. The van der Waals surface area contributed by atoms with Gasteiger partial charge in [-0.2, -0.15) is 5.10 Å². The van der Waals surface area contributed by atoms with E-state index in [1.165, 1.54) is 32.1 Å². The van der Waals surface area contributed by atoms with Crippen LogP contribution in [0.15, 0.2) is 18.2 Å². The Bertz CT molecular complexity index is 1120. The predicted octanol–water partition coefficient (Wildman–Crippen LogP) is 2.54. The van der Waals surface area contributed by atoms with Gasteiger partial charge in [-0.15, -0.1) is 0 Å². The van der Waals surface area contributed by atoms with E-state index in [4.69, 9.17) is 10.1 Å². The quantitative estimate of drug-likeness (QED) is 0.751. The number of hydrogen-bond donors (Lipinski definition) is 1. The van der Waals surface area contributed by atoms with Gasteiger partial charge in [0, 0.05) is 37.1 Å². The van der Waals surface area contributed by atoms with Crippen molar-refractivity contribution in [3.05, 3.63) is 35.2 Å². The third-order valence-electron chi connectivity index (χ3n) is 7.95.